The van der Waals surface area contributed by atoms with Crippen LogP contribution in [0, 0.1) is 5.82 Å². The molecule has 4 rings (SSSR count). The molecule has 2 N–H and O–H groups in total. The summed E-state index contributed by atoms with van der Waals surface area (Å²) >= 11 is 0. The molecule has 0 saturated heterocycles. The molecule has 0 aliphatic heterocycles. The number of benzene rings is 2. The summed E-state index contributed by atoms with van der Waals surface area (Å²) in [5.41, 5.74) is 9.65. The van der Waals surface area contributed by atoms with Crippen molar-refractivity contribution in [3.8, 4) is 5.69 Å². The molecule has 1 aliphatic carbocycles. The zero-order chi connectivity index (χ0) is 20.2. The summed E-state index contributed by atoms with van der Waals surface area (Å²) < 4.78 is 16.0. The molecule has 5 nitrogen and oxygen atoms in total. The average Bonchev–Trinajstić information content (AvgIpc) is 3.35. The molecule has 3 aromatic rings. The van der Waals surface area contributed by atoms with Crippen molar-refractivity contribution in [2.24, 2.45) is 5.73 Å². The highest BCUT2D eigenvalue weighted by Gasteiger charge is 2.30. The van der Waals surface area contributed by atoms with Crippen LogP contribution in [0.25, 0.3) is 5.69 Å². The standard InChI is InChI=1S/C23H25FN4O.ClH/c24-19-10-4-5-11-21(19)28-20-12-6-9-18(20)22(26-28)23(29)27(16-14-25)15-13-17-7-2-1-3-8-17;/h1-5,7-8,10-11H,6,9,12-16,25H2;1H. The fraction of sp³-hybridized carbons (Fsp3) is 0.304. The first kappa shape index (κ1) is 22.0. The van der Waals surface area contributed by atoms with Crippen molar-refractivity contribution in [1.82, 2.24) is 14.7 Å². The maximum absolute atomic E-state index is 14.4. The SMILES string of the molecule is Cl.NCCN(CCc1ccccc1)C(=O)c1nn(-c2ccccc2F)c2c1CCC2. The Morgan fingerprint density at radius 2 is 1.80 bits per heavy atom. The molecule has 0 saturated carbocycles. The fourth-order valence-electron chi connectivity index (χ4n) is 3.96. The molecule has 0 radical (unpaired) electrons. The van der Waals surface area contributed by atoms with Gasteiger partial charge in [0.25, 0.3) is 5.91 Å². The van der Waals surface area contributed by atoms with Gasteiger partial charge in [-0.25, -0.2) is 9.07 Å². The molecule has 1 amide bonds. The summed E-state index contributed by atoms with van der Waals surface area (Å²) in [4.78, 5) is 15.1. The van der Waals surface area contributed by atoms with Crippen LogP contribution in [-0.4, -0.2) is 40.2 Å². The van der Waals surface area contributed by atoms with Crippen LogP contribution in [-0.2, 0) is 19.3 Å². The third kappa shape index (κ3) is 4.40. The van der Waals surface area contributed by atoms with Crippen LogP contribution >= 0.6 is 12.4 Å². The Labute approximate surface area is 182 Å². The summed E-state index contributed by atoms with van der Waals surface area (Å²) in [5, 5.41) is 4.57. The number of carbonyl (C=O) groups excluding carboxylic acids is 1. The second-order valence-electron chi connectivity index (χ2n) is 7.31. The monoisotopic (exact) mass is 428 g/mol. The lowest BCUT2D eigenvalue weighted by Crippen LogP contribution is -2.37. The molecule has 1 aromatic heterocycles. The normalized spacial score (nSPS) is 12.3. The topological polar surface area (TPSA) is 64.2 Å². The summed E-state index contributed by atoms with van der Waals surface area (Å²) in [5.74, 6) is -0.466. The first-order valence-electron chi connectivity index (χ1n) is 10.1. The van der Waals surface area contributed by atoms with Crippen LogP contribution in [0.2, 0.25) is 0 Å². The second kappa shape index (κ2) is 9.87. The van der Waals surface area contributed by atoms with Gasteiger partial charge in [0, 0.05) is 30.9 Å². The molecular weight excluding hydrogens is 403 g/mol. The van der Waals surface area contributed by atoms with E-state index in [0.717, 1.165) is 36.9 Å². The van der Waals surface area contributed by atoms with E-state index in [4.69, 9.17) is 5.73 Å². The molecule has 158 valence electrons. The largest absolute Gasteiger partial charge is 0.336 e. The van der Waals surface area contributed by atoms with Crippen molar-refractivity contribution < 1.29 is 9.18 Å². The minimum absolute atomic E-state index is 0. The average molecular weight is 429 g/mol. The van der Waals surface area contributed by atoms with Crippen molar-refractivity contribution in [2.75, 3.05) is 19.6 Å². The zero-order valence-corrected chi connectivity index (χ0v) is 17.6. The summed E-state index contributed by atoms with van der Waals surface area (Å²) in [7, 11) is 0. The molecule has 1 heterocycles. The van der Waals surface area contributed by atoms with Gasteiger partial charge < -0.3 is 10.6 Å². The van der Waals surface area contributed by atoms with Crippen LogP contribution < -0.4 is 5.73 Å². The molecule has 0 spiro atoms. The van der Waals surface area contributed by atoms with Gasteiger partial charge in [0.2, 0.25) is 0 Å². The van der Waals surface area contributed by atoms with E-state index in [1.807, 2.05) is 18.2 Å². The van der Waals surface area contributed by atoms with E-state index in [1.54, 1.807) is 27.8 Å². The Morgan fingerprint density at radius 1 is 1.07 bits per heavy atom. The number of hydrogen-bond donors (Lipinski definition) is 1. The summed E-state index contributed by atoms with van der Waals surface area (Å²) in [6.45, 7) is 1.42. The molecule has 0 unspecified atom stereocenters. The van der Waals surface area contributed by atoms with Gasteiger partial charge in [-0.3, -0.25) is 4.79 Å². The van der Waals surface area contributed by atoms with E-state index in [1.165, 1.54) is 11.6 Å². The van der Waals surface area contributed by atoms with Crippen molar-refractivity contribution >= 4 is 18.3 Å². The number of halogens is 2. The maximum atomic E-state index is 14.4. The number of nitrogens with zero attached hydrogens (tertiary/aromatic N) is 3. The Kier molecular flexibility index (Phi) is 7.24. The second-order valence-corrected chi connectivity index (χ2v) is 7.31. The smallest absolute Gasteiger partial charge is 0.274 e. The van der Waals surface area contributed by atoms with Gasteiger partial charge in [-0.15, -0.1) is 12.4 Å². The molecule has 0 bridgehead atoms. The minimum atomic E-state index is -0.341. The number of para-hydroxylation sites is 1. The predicted molar refractivity (Wildman–Crippen MR) is 118 cm³/mol. The van der Waals surface area contributed by atoms with Crippen LogP contribution in [0.5, 0.6) is 0 Å². The van der Waals surface area contributed by atoms with E-state index in [0.29, 0.717) is 31.0 Å². The minimum Gasteiger partial charge on any atom is -0.336 e. The number of rotatable bonds is 7. The van der Waals surface area contributed by atoms with Gasteiger partial charge in [0.15, 0.2) is 5.69 Å². The number of amides is 1. The number of fused-ring (bicyclic) bond motifs is 1. The molecule has 0 atom stereocenters. The van der Waals surface area contributed by atoms with E-state index in [2.05, 4.69) is 17.2 Å². The van der Waals surface area contributed by atoms with E-state index >= 15 is 0 Å². The Hall–Kier alpha value is -2.70. The molecule has 7 heteroatoms. The van der Waals surface area contributed by atoms with Crippen LogP contribution in [0.4, 0.5) is 4.39 Å². The van der Waals surface area contributed by atoms with Gasteiger partial charge in [-0.2, -0.15) is 5.10 Å². The third-order valence-electron chi connectivity index (χ3n) is 5.41. The Balaban J connectivity index is 0.00000256. The number of aromatic nitrogens is 2. The Morgan fingerprint density at radius 3 is 2.53 bits per heavy atom. The molecule has 2 aromatic carbocycles. The van der Waals surface area contributed by atoms with Gasteiger partial charge in [0.1, 0.15) is 11.5 Å². The van der Waals surface area contributed by atoms with Crippen molar-refractivity contribution in [3.05, 3.63) is 82.9 Å². The maximum Gasteiger partial charge on any atom is 0.274 e. The number of hydrogen-bond acceptors (Lipinski definition) is 3. The van der Waals surface area contributed by atoms with E-state index in [-0.39, 0.29) is 24.1 Å². The molecule has 0 fully saturated rings. The highest BCUT2D eigenvalue weighted by molar-refractivity contribution is 5.94. The van der Waals surface area contributed by atoms with Crippen molar-refractivity contribution in [3.63, 3.8) is 0 Å². The van der Waals surface area contributed by atoms with Crippen molar-refractivity contribution in [2.45, 2.75) is 25.7 Å². The first-order chi connectivity index (χ1) is 14.2. The van der Waals surface area contributed by atoms with Crippen molar-refractivity contribution in [1.29, 1.82) is 0 Å². The lowest BCUT2D eigenvalue weighted by molar-refractivity contribution is 0.0754. The van der Waals surface area contributed by atoms with Gasteiger partial charge in [0.05, 0.1) is 0 Å². The summed E-state index contributed by atoms with van der Waals surface area (Å²) in [6, 6.07) is 16.6. The van der Waals surface area contributed by atoms with E-state index in [9.17, 15) is 9.18 Å². The lowest BCUT2D eigenvalue weighted by Gasteiger charge is -2.21. The van der Waals surface area contributed by atoms with Gasteiger partial charge >= 0.3 is 0 Å². The lowest BCUT2D eigenvalue weighted by atomic mass is 10.1. The Bertz CT molecular complexity index is 1010. The van der Waals surface area contributed by atoms with Gasteiger partial charge in [-0.1, -0.05) is 42.5 Å². The highest BCUT2D eigenvalue weighted by Crippen LogP contribution is 2.29. The van der Waals surface area contributed by atoms with Gasteiger partial charge in [-0.05, 0) is 43.4 Å². The predicted octanol–water partition coefficient (Wildman–Crippen LogP) is 3.57. The molecular formula is C23H26ClFN4O. The zero-order valence-electron chi connectivity index (χ0n) is 16.8. The third-order valence-corrected chi connectivity index (χ3v) is 5.41. The highest BCUT2D eigenvalue weighted by atomic mass is 35.5. The first-order valence-corrected chi connectivity index (χ1v) is 10.1. The molecule has 30 heavy (non-hydrogen) atoms. The van der Waals surface area contributed by atoms with Crippen LogP contribution in [0.1, 0.15) is 33.7 Å². The number of carbonyl (C=O) groups is 1. The van der Waals surface area contributed by atoms with Crippen LogP contribution in [0.15, 0.2) is 54.6 Å². The number of nitrogens with two attached hydrogens (primary N) is 1. The van der Waals surface area contributed by atoms with E-state index < -0.39 is 0 Å². The van der Waals surface area contributed by atoms with Crippen LogP contribution in [0.3, 0.4) is 0 Å². The quantitative estimate of drug-likeness (QED) is 0.625. The fourth-order valence-corrected chi connectivity index (χ4v) is 3.96. The molecule has 1 aliphatic rings. The summed E-state index contributed by atoms with van der Waals surface area (Å²) in [6.07, 6.45) is 3.29.